The number of amides is 3. The Kier molecular flexibility index (Phi) is 21.7. The van der Waals surface area contributed by atoms with Gasteiger partial charge in [0.15, 0.2) is 0 Å². The van der Waals surface area contributed by atoms with Gasteiger partial charge in [0.2, 0.25) is 0 Å². The van der Waals surface area contributed by atoms with E-state index in [9.17, 15) is 19.2 Å². The third-order valence-corrected chi connectivity index (χ3v) is 4.61. The summed E-state index contributed by atoms with van der Waals surface area (Å²) in [6, 6.07) is 0. The minimum absolute atomic E-state index is 0.212. The predicted molar refractivity (Wildman–Crippen MR) is 146 cm³/mol. The van der Waals surface area contributed by atoms with Crippen molar-refractivity contribution in [3.8, 4) is 0 Å². The average Bonchev–Trinajstić information content (AvgIpc) is 2.79. The molecule has 0 atom stereocenters. The molecule has 0 radical (unpaired) electrons. The lowest BCUT2D eigenvalue weighted by Crippen LogP contribution is -2.39. The summed E-state index contributed by atoms with van der Waals surface area (Å²) in [4.78, 5) is 44.6. The Hall–Kier alpha value is -3.16. The van der Waals surface area contributed by atoms with Crippen molar-refractivity contribution in [1.82, 2.24) is 16.0 Å². The highest BCUT2D eigenvalue weighted by molar-refractivity contribution is 6.35. The minimum Gasteiger partial charge on any atom is -0.459 e. The lowest BCUT2D eigenvalue weighted by atomic mass is 10.1. The molecule has 8 nitrogen and oxygen atoms in total. The van der Waals surface area contributed by atoms with Gasteiger partial charge in [-0.25, -0.2) is 4.79 Å². The number of rotatable bonds is 12. The average molecular weight is 506 g/mol. The number of likely N-dealkylation sites (N-methyl/N-ethyl adjacent to an activating group) is 1. The molecule has 0 spiro atoms. The number of carbonyl (C=O) groups is 4. The van der Waals surface area contributed by atoms with Crippen molar-refractivity contribution in [2.45, 2.75) is 81.1 Å². The molecule has 36 heavy (non-hydrogen) atoms. The summed E-state index contributed by atoms with van der Waals surface area (Å²) >= 11 is 0. The Bertz CT molecular complexity index is 747. The van der Waals surface area contributed by atoms with Crippen LogP contribution in [0.2, 0.25) is 0 Å². The zero-order chi connectivity index (χ0) is 27.9. The number of carbonyl (C=O) groups excluding carboxylic acids is 4. The fourth-order valence-corrected chi connectivity index (χ4v) is 2.61. The first-order chi connectivity index (χ1) is 16.9. The predicted octanol–water partition coefficient (Wildman–Crippen LogP) is 4.29. The maximum atomic E-state index is 11.3. The first-order valence-electron chi connectivity index (χ1n) is 12.5. The molecule has 0 unspecified atom stereocenters. The van der Waals surface area contributed by atoms with Crippen molar-refractivity contribution in [2.24, 2.45) is 0 Å². The van der Waals surface area contributed by atoms with Crippen LogP contribution in [-0.4, -0.2) is 49.9 Å². The second-order valence-electron chi connectivity index (χ2n) is 8.74. The number of hydrogen-bond donors (Lipinski definition) is 3. The van der Waals surface area contributed by atoms with Crippen LogP contribution in [0.3, 0.4) is 0 Å². The van der Waals surface area contributed by atoms with Crippen molar-refractivity contribution in [1.29, 1.82) is 0 Å². The molecule has 3 N–H and O–H groups in total. The summed E-state index contributed by atoms with van der Waals surface area (Å²) in [5.41, 5.74) is 5.02. The Labute approximate surface area is 217 Å². The van der Waals surface area contributed by atoms with Crippen LogP contribution < -0.4 is 16.0 Å². The smallest absolute Gasteiger partial charge is 0.396 e. The second-order valence-corrected chi connectivity index (χ2v) is 8.74. The third-order valence-electron chi connectivity index (χ3n) is 4.61. The van der Waals surface area contributed by atoms with Gasteiger partial charge in [-0.05, 0) is 81.1 Å². The van der Waals surface area contributed by atoms with Gasteiger partial charge in [-0.2, -0.15) is 0 Å². The standard InChI is InChI=1S/C14H24N2O2.C14H23NO3/c1-5-15-13(17)14(18)16-10-9-12(4)8-6-7-11(2)3;1-5-18-14(17)13(16)15-10-9-12(4)8-6-7-11(2)3/h7,9H,5-6,8,10H2,1-4H3,(H,15,17)(H,16,18);7,9H,5-6,8,10H2,1-4H3,(H,15,16)/b2*12-9+. The summed E-state index contributed by atoms with van der Waals surface area (Å²) < 4.78 is 4.57. The van der Waals surface area contributed by atoms with Gasteiger partial charge in [-0.3, -0.25) is 14.4 Å². The topological polar surface area (TPSA) is 114 Å². The Morgan fingerprint density at radius 2 is 1.03 bits per heavy atom. The van der Waals surface area contributed by atoms with Crippen LogP contribution in [0.5, 0.6) is 0 Å². The molecule has 0 fully saturated rings. The molecule has 0 heterocycles. The van der Waals surface area contributed by atoms with Gasteiger partial charge in [-0.15, -0.1) is 0 Å². The Morgan fingerprint density at radius 1 is 0.611 bits per heavy atom. The summed E-state index contributed by atoms with van der Waals surface area (Å²) in [7, 11) is 0. The van der Waals surface area contributed by atoms with Crippen LogP contribution in [0.25, 0.3) is 0 Å². The van der Waals surface area contributed by atoms with E-state index < -0.39 is 23.7 Å². The van der Waals surface area contributed by atoms with E-state index in [1.54, 1.807) is 13.8 Å². The van der Waals surface area contributed by atoms with Crippen molar-refractivity contribution in [3.63, 3.8) is 0 Å². The maximum absolute atomic E-state index is 11.3. The zero-order valence-electron chi connectivity index (χ0n) is 23.5. The summed E-state index contributed by atoms with van der Waals surface area (Å²) in [5, 5.41) is 7.50. The van der Waals surface area contributed by atoms with E-state index in [2.05, 4.69) is 60.5 Å². The molecule has 0 aromatic heterocycles. The molecular formula is C28H47N3O5. The van der Waals surface area contributed by atoms with Gasteiger partial charge in [0.25, 0.3) is 0 Å². The molecule has 0 aliphatic carbocycles. The van der Waals surface area contributed by atoms with E-state index >= 15 is 0 Å². The van der Waals surface area contributed by atoms with Gasteiger partial charge in [0, 0.05) is 19.6 Å². The summed E-state index contributed by atoms with van der Waals surface area (Å²) in [5.74, 6) is -2.67. The Morgan fingerprint density at radius 3 is 1.42 bits per heavy atom. The highest BCUT2D eigenvalue weighted by Gasteiger charge is 2.12. The number of esters is 1. The van der Waals surface area contributed by atoms with Crippen molar-refractivity contribution in [2.75, 3.05) is 26.2 Å². The van der Waals surface area contributed by atoms with E-state index in [1.807, 2.05) is 26.0 Å². The monoisotopic (exact) mass is 505 g/mol. The molecule has 3 amide bonds. The molecule has 0 saturated carbocycles. The molecular weight excluding hydrogens is 458 g/mol. The highest BCUT2D eigenvalue weighted by Crippen LogP contribution is 2.06. The van der Waals surface area contributed by atoms with E-state index in [1.165, 1.54) is 22.3 Å². The first-order valence-corrected chi connectivity index (χ1v) is 12.5. The molecule has 0 aliphatic heterocycles. The van der Waals surface area contributed by atoms with Crippen LogP contribution in [-0.2, 0) is 23.9 Å². The van der Waals surface area contributed by atoms with E-state index in [0.29, 0.717) is 19.6 Å². The Balaban J connectivity index is 0. The molecule has 8 heteroatoms. The van der Waals surface area contributed by atoms with E-state index in [0.717, 1.165) is 25.7 Å². The highest BCUT2D eigenvalue weighted by atomic mass is 16.5. The summed E-state index contributed by atoms with van der Waals surface area (Å²) in [6.07, 6.45) is 12.2. The number of allylic oxidation sites excluding steroid dienone is 6. The van der Waals surface area contributed by atoms with Crippen LogP contribution in [0.4, 0.5) is 0 Å². The van der Waals surface area contributed by atoms with Gasteiger partial charge in [0.05, 0.1) is 6.61 Å². The van der Waals surface area contributed by atoms with Crippen LogP contribution in [0.15, 0.2) is 46.6 Å². The summed E-state index contributed by atoms with van der Waals surface area (Å²) in [6.45, 7) is 17.2. The quantitative estimate of drug-likeness (QED) is 0.208. The van der Waals surface area contributed by atoms with Crippen molar-refractivity contribution < 1.29 is 23.9 Å². The lowest BCUT2D eigenvalue weighted by molar-refractivity contribution is -0.154. The van der Waals surface area contributed by atoms with Gasteiger partial charge >= 0.3 is 23.7 Å². The number of nitrogens with one attached hydrogen (secondary N) is 3. The molecule has 204 valence electrons. The molecule has 0 saturated heterocycles. The first kappa shape index (κ1) is 35.0. The number of hydrogen-bond acceptors (Lipinski definition) is 5. The minimum atomic E-state index is -0.826. The largest absolute Gasteiger partial charge is 0.459 e. The van der Waals surface area contributed by atoms with Crippen LogP contribution >= 0.6 is 0 Å². The fourth-order valence-electron chi connectivity index (χ4n) is 2.61. The third kappa shape index (κ3) is 22.6. The van der Waals surface area contributed by atoms with Crippen molar-refractivity contribution in [3.05, 3.63) is 46.6 Å². The van der Waals surface area contributed by atoms with E-state index in [4.69, 9.17) is 0 Å². The van der Waals surface area contributed by atoms with E-state index in [-0.39, 0.29) is 6.61 Å². The van der Waals surface area contributed by atoms with Crippen LogP contribution in [0, 0.1) is 0 Å². The lowest BCUT2D eigenvalue weighted by Gasteiger charge is -2.03. The van der Waals surface area contributed by atoms with Gasteiger partial charge in [0.1, 0.15) is 0 Å². The molecule has 0 aromatic rings. The van der Waals surface area contributed by atoms with Gasteiger partial charge in [-0.1, -0.05) is 46.6 Å². The zero-order valence-corrected chi connectivity index (χ0v) is 23.5. The number of ether oxygens (including phenoxy) is 1. The molecule has 0 aliphatic rings. The molecule has 0 aromatic carbocycles. The molecule has 0 rings (SSSR count). The van der Waals surface area contributed by atoms with Gasteiger partial charge < -0.3 is 20.7 Å². The normalized spacial score (nSPS) is 10.8. The molecule has 0 bridgehead atoms. The maximum Gasteiger partial charge on any atom is 0.396 e. The fraction of sp³-hybridized carbons (Fsp3) is 0.571. The SMILES string of the molecule is CCNC(=O)C(=O)NC/C=C(\C)CCC=C(C)C.CCOC(=O)C(=O)NC/C=C(\C)CCC=C(C)C. The second kappa shape index (κ2) is 22.3. The van der Waals surface area contributed by atoms with Crippen LogP contribution in [0.1, 0.15) is 81.1 Å². The van der Waals surface area contributed by atoms with Crippen molar-refractivity contribution >= 4 is 23.7 Å².